The summed E-state index contributed by atoms with van der Waals surface area (Å²) in [5.74, 6) is 0.0576. The summed E-state index contributed by atoms with van der Waals surface area (Å²) in [6.07, 6.45) is 1.81. The van der Waals surface area contributed by atoms with Crippen molar-refractivity contribution in [3.05, 3.63) is 112 Å². The molecule has 0 radical (unpaired) electrons. The van der Waals surface area contributed by atoms with Crippen LogP contribution in [0, 0.1) is 5.82 Å². The van der Waals surface area contributed by atoms with Crippen LogP contribution >= 0.6 is 23.4 Å². The van der Waals surface area contributed by atoms with Crippen LogP contribution in [-0.4, -0.2) is 11.1 Å². The largest absolute Gasteiger partial charge is 0.488 e. The van der Waals surface area contributed by atoms with Gasteiger partial charge < -0.3 is 10.1 Å². The number of carbonyl (C=O) groups excluding carboxylic acids is 1. The molecule has 0 atom stereocenters. The molecule has 34 heavy (non-hydrogen) atoms. The van der Waals surface area contributed by atoms with E-state index in [1.54, 1.807) is 30.3 Å². The molecule has 5 rings (SSSR count). The van der Waals surface area contributed by atoms with Crippen molar-refractivity contribution in [2.45, 2.75) is 6.61 Å². The number of fused-ring (bicyclic) bond motifs is 1. The number of ether oxygens (including phenoxy) is 1. The summed E-state index contributed by atoms with van der Waals surface area (Å²) in [5.41, 5.74) is 2.19. The highest BCUT2D eigenvalue weighted by Crippen LogP contribution is 2.35. The monoisotopic (exact) mass is 488 g/mol. The molecule has 1 aliphatic heterocycles. The van der Waals surface area contributed by atoms with Crippen molar-refractivity contribution in [3.63, 3.8) is 0 Å². The molecule has 4 nitrogen and oxygen atoms in total. The van der Waals surface area contributed by atoms with Crippen molar-refractivity contribution < 1.29 is 13.9 Å². The van der Waals surface area contributed by atoms with Gasteiger partial charge in [-0.3, -0.25) is 4.79 Å². The van der Waals surface area contributed by atoms with Gasteiger partial charge in [0, 0.05) is 10.6 Å². The minimum Gasteiger partial charge on any atom is -0.488 e. The van der Waals surface area contributed by atoms with Crippen molar-refractivity contribution in [3.8, 4) is 5.75 Å². The van der Waals surface area contributed by atoms with E-state index in [1.165, 1.54) is 23.9 Å². The first-order valence-corrected chi connectivity index (χ1v) is 11.7. The zero-order chi connectivity index (χ0) is 23.5. The lowest BCUT2D eigenvalue weighted by atomic mass is 10.0. The second kappa shape index (κ2) is 9.71. The molecule has 0 bridgehead atoms. The van der Waals surface area contributed by atoms with E-state index in [0.717, 1.165) is 21.9 Å². The average Bonchev–Trinajstić information content (AvgIpc) is 3.18. The van der Waals surface area contributed by atoms with Gasteiger partial charge in [-0.05, 0) is 76.6 Å². The number of benzene rings is 4. The Morgan fingerprint density at radius 3 is 2.65 bits per heavy atom. The fourth-order valence-electron chi connectivity index (χ4n) is 3.58. The Balaban J connectivity index is 1.48. The second-order valence-corrected chi connectivity index (χ2v) is 9.04. The van der Waals surface area contributed by atoms with Gasteiger partial charge in [0.05, 0.1) is 10.6 Å². The van der Waals surface area contributed by atoms with E-state index >= 15 is 0 Å². The highest BCUT2D eigenvalue weighted by atomic mass is 35.5. The normalized spacial score (nSPS) is 15.8. The number of hydrogen-bond acceptors (Lipinski definition) is 4. The van der Waals surface area contributed by atoms with E-state index < -0.39 is 0 Å². The number of halogens is 2. The summed E-state index contributed by atoms with van der Waals surface area (Å²) in [5, 5.41) is 5.88. The van der Waals surface area contributed by atoms with E-state index in [-0.39, 0.29) is 18.3 Å². The first kappa shape index (κ1) is 22.2. The minimum absolute atomic E-state index is 0.203. The summed E-state index contributed by atoms with van der Waals surface area (Å²) >= 11 is 7.20. The molecule has 1 N–H and O–H groups in total. The van der Waals surface area contributed by atoms with E-state index in [0.29, 0.717) is 26.5 Å². The van der Waals surface area contributed by atoms with Crippen LogP contribution in [0.4, 0.5) is 10.1 Å². The van der Waals surface area contributed by atoms with Gasteiger partial charge in [0.25, 0.3) is 5.91 Å². The van der Waals surface area contributed by atoms with Crippen LogP contribution in [0.2, 0.25) is 5.02 Å². The standard InChI is InChI=1S/C27H18ClFN2O2S/c28-19-9-11-21(12-10-19)30-27-31-26(32)25(34-27)15-23-22-7-2-1-5-18(22)8-13-24(23)33-16-17-4-3-6-20(29)14-17/h1-15H,16H2,(H,30,31,32)/b25-15-. The zero-order valence-corrected chi connectivity index (χ0v) is 19.4. The molecule has 1 amide bonds. The predicted molar refractivity (Wildman–Crippen MR) is 137 cm³/mol. The van der Waals surface area contributed by atoms with Crippen LogP contribution in [0.1, 0.15) is 11.1 Å². The molecule has 1 saturated heterocycles. The van der Waals surface area contributed by atoms with Crippen LogP contribution in [0.3, 0.4) is 0 Å². The number of carbonyl (C=O) groups is 1. The SMILES string of the molecule is O=C1NC(=Nc2ccc(Cl)cc2)S/C1=C\c1c(OCc2cccc(F)c2)ccc2ccccc12. The highest BCUT2D eigenvalue weighted by Gasteiger charge is 2.25. The summed E-state index contributed by atoms with van der Waals surface area (Å²) in [6.45, 7) is 0.203. The van der Waals surface area contributed by atoms with Crippen LogP contribution < -0.4 is 10.1 Å². The van der Waals surface area contributed by atoms with Crippen molar-refractivity contribution >= 4 is 57.0 Å². The molecular weight excluding hydrogens is 471 g/mol. The summed E-state index contributed by atoms with van der Waals surface area (Å²) < 4.78 is 19.6. The number of amides is 1. The van der Waals surface area contributed by atoms with E-state index in [9.17, 15) is 9.18 Å². The summed E-state index contributed by atoms with van der Waals surface area (Å²) in [7, 11) is 0. The van der Waals surface area contributed by atoms with Gasteiger partial charge in [-0.25, -0.2) is 9.38 Å². The number of hydrogen-bond donors (Lipinski definition) is 1. The number of nitrogens with zero attached hydrogens (tertiary/aromatic N) is 1. The Bertz CT molecular complexity index is 1450. The van der Waals surface area contributed by atoms with E-state index in [1.807, 2.05) is 48.5 Å². The minimum atomic E-state index is -0.312. The Morgan fingerprint density at radius 2 is 1.82 bits per heavy atom. The summed E-state index contributed by atoms with van der Waals surface area (Å²) in [4.78, 5) is 17.7. The van der Waals surface area contributed by atoms with Crippen LogP contribution in [0.5, 0.6) is 5.75 Å². The number of aliphatic imine (C=N–C) groups is 1. The lowest BCUT2D eigenvalue weighted by molar-refractivity contribution is -0.115. The molecule has 0 saturated carbocycles. The van der Waals surface area contributed by atoms with Gasteiger partial charge in [-0.1, -0.05) is 54.1 Å². The lowest BCUT2D eigenvalue weighted by Crippen LogP contribution is -2.19. The van der Waals surface area contributed by atoms with Crippen molar-refractivity contribution in [1.29, 1.82) is 0 Å². The topological polar surface area (TPSA) is 50.7 Å². The van der Waals surface area contributed by atoms with E-state index in [2.05, 4.69) is 10.3 Å². The third kappa shape index (κ3) is 4.98. The number of thioether (sulfide) groups is 1. The Morgan fingerprint density at radius 1 is 1.00 bits per heavy atom. The van der Waals surface area contributed by atoms with Gasteiger partial charge in [0.1, 0.15) is 18.2 Å². The molecule has 4 aromatic rings. The van der Waals surface area contributed by atoms with Crippen LogP contribution in [0.15, 0.2) is 94.8 Å². The maximum Gasteiger partial charge on any atom is 0.264 e. The quantitative estimate of drug-likeness (QED) is 0.305. The Labute approximate surface area is 205 Å². The molecule has 0 spiro atoms. The number of nitrogens with one attached hydrogen (secondary N) is 1. The fraction of sp³-hybridized carbons (Fsp3) is 0.0370. The predicted octanol–water partition coefficient (Wildman–Crippen LogP) is 7.10. The number of amidine groups is 1. The van der Waals surface area contributed by atoms with Crippen LogP contribution in [-0.2, 0) is 11.4 Å². The van der Waals surface area contributed by atoms with Crippen molar-refractivity contribution in [1.82, 2.24) is 5.32 Å². The van der Waals surface area contributed by atoms with Crippen LogP contribution in [0.25, 0.3) is 16.8 Å². The fourth-order valence-corrected chi connectivity index (χ4v) is 4.53. The molecule has 1 heterocycles. The zero-order valence-electron chi connectivity index (χ0n) is 17.8. The van der Waals surface area contributed by atoms with Gasteiger partial charge in [-0.2, -0.15) is 0 Å². The van der Waals surface area contributed by atoms with Gasteiger partial charge in [0.2, 0.25) is 0 Å². The summed E-state index contributed by atoms with van der Waals surface area (Å²) in [6, 6.07) is 25.1. The van der Waals surface area contributed by atoms with Crippen molar-refractivity contribution in [2.24, 2.45) is 4.99 Å². The molecule has 1 aliphatic rings. The molecule has 0 aliphatic carbocycles. The lowest BCUT2D eigenvalue weighted by Gasteiger charge is -2.13. The number of rotatable bonds is 5. The molecular formula is C27H18ClFN2O2S. The van der Waals surface area contributed by atoms with Gasteiger partial charge in [0.15, 0.2) is 5.17 Å². The molecule has 168 valence electrons. The second-order valence-electron chi connectivity index (χ2n) is 7.58. The van der Waals surface area contributed by atoms with Crippen molar-refractivity contribution in [2.75, 3.05) is 0 Å². The first-order chi connectivity index (χ1) is 16.5. The van der Waals surface area contributed by atoms with E-state index in [4.69, 9.17) is 16.3 Å². The maximum atomic E-state index is 13.6. The smallest absolute Gasteiger partial charge is 0.264 e. The third-order valence-electron chi connectivity index (χ3n) is 5.20. The molecule has 1 fully saturated rings. The van der Waals surface area contributed by atoms with Gasteiger partial charge in [-0.15, -0.1) is 0 Å². The third-order valence-corrected chi connectivity index (χ3v) is 6.36. The molecule has 4 aromatic carbocycles. The maximum absolute atomic E-state index is 13.6. The molecule has 0 unspecified atom stereocenters. The Hall–Kier alpha value is -3.61. The van der Waals surface area contributed by atoms with Gasteiger partial charge >= 0.3 is 0 Å². The molecule has 7 heteroatoms. The average molecular weight is 489 g/mol. The highest BCUT2D eigenvalue weighted by molar-refractivity contribution is 8.18. The Kier molecular flexibility index (Phi) is 6.34. The molecule has 0 aromatic heterocycles. The first-order valence-electron chi connectivity index (χ1n) is 10.5.